The Hall–Kier alpha value is -4.19. The first-order valence-corrected chi connectivity index (χ1v) is 9.07. The lowest BCUT2D eigenvalue weighted by Crippen LogP contribution is -2.11. The maximum absolute atomic E-state index is 12.6. The van der Waals surface area contributed by atoms with Crippen LogP contribution in [0.4, 0.5) is 5.69 Å². The summed E-state index contributed by atoms with van der Waals surface area (Å²) >= 11 is 0. The molecule has 0 saturated heterocycles. The van der Waals surface area contributed by atoms with Crippen molar-refractivity contribution in [3.63, 3.8) is 0 Å². The highest BCUT2D eigenvalue weighted by atomic mass is 16.5. The molecule has 3 aromatic carbocycles. The summed E-state index contributed by atoms with van der Waals surface area (Å²) in [5, 5.41) is 9.20. The van der Waals surface area contributed by atoms with Crippen molar-refractivity contribution in [2.75, 3.05) is 5.32 Å². The maximum atomic E-state index is 12.6. The van der Waals surface area contributed by atoms with Crippen LogP contribution in [0, 0.1) is 0 Å². The summed E-state index contributed by atoms with van der Waals surface area (Å²) in [6.45, 7) is 0. The number of benzene rings is 3. The number of hydrogen-bond acceptors (Lipinski definition) is 4. The number of aromatic nitrogens is 2. The fourth-order valence-electron chi connectivity index (χ4n) is 3.44. The van der Waals surface area contributed by atoms with Gasteiger partial charge in [-0.3, -0.25) is 9.59 Å². The Bertz CT molecular complexity index is 1420. The molecule has 6 nitrogen and oxygen atoms in total. The molecule has 0 aliphatic heterocycles. The van der Waals surface area contributed by atoms with Gasteiger partial charge in [0.25, 0.3) is 11.5 Å². The molecule has 0 bridgehead atoms. The quantitative estimate of drug-likeness (QED) is 0.478. The van der Waals surface area contributed by atoms with Crippen molar-refractivity contribution in [1.82, 2.24) is 10.1 Å². The number of aromatic amines is 1. The average molecular weight is 381 g/mol. The van der Waals surface area contributed by atoms with Crippen molar-refractivity contribution in [2.45, 2.75) is 0 Å². The van der Waals surface area contributed by atoms with Gasteiger partial charge >= 0.3 is 0 Å². The zero-order chi connectivity index (χ0) is 19.8. The summed E-state index contributed by atoms with van der Waals surface area (Å²) in [6.07, 6.45) is 1.71. The zero-order valence-electron chi connectivity index (χ0n) is 15.2. The number of nitrogens with one attached hydrogen (secondary N) is 2. The molecule has 5 rings (SSSR count). The predicted molar refractivity (Wildman–Crippen MR) is 112 cm³/mol. The van der Waals surface area contributed by atoms with Crippen molar-refractivity contribution in [2.24, 2.45) is 0 Å². The largest absolute Gasteiger partial charge is 0.350 e. The highest BCUT2D eigenvalue weighted by Gasteiger charge is 2.16. The third-order valence-electron chi connectivity index (χ3n) is 4.84. The minimum absolute atomic E-state index is 0.159. The number of H-pyrrole nitrogens is 1. The van der Waals surface area contributed by atoms with E-state index in [-0.39, 0.29) is 17.2 Å². The van der Waals surface area contributed by atoms with Crippen molar-refractivity contribution in [3.05, 3.63) is 95.1 Å². The van der Waals surface area contributed by atoms with Crippen LogP contribution in [0.25, 0.3) is 32.8 Å². The molecular formula is C23H15N3O3. The molecular weight excluding hydrogens is 366 g/mol. The number of amides is 1. The molecule has 0 radical (unpaired) electrons. The summed E-state index contributed by atoms with van der Waals surface area (Å²) < 4.78 is 5.20. The minimum Gasteiger partial charge on any atom is -0.350 e. The lowest BCUT2D eigenvalue weighted by Gasteiger charge is -2.08. The number of fused-ring (bicyclic) bond motifs is 2. The fraction of sp³-hybridized carbons (Fsp3) is 0. The van der Waals surface area contributed by atoms with E-state index in [1.54, 1.807) is 30.5 Å². The van der Waals surface area contributed by atoms with E-state index in [0.717, 1.165) is 16.3 Å². The number of carbonyl (C=O) groups is 1. The summed E-state index contributed by atoms with van der Waals surface area (Å²) in [7, 11) is 0. The number of pyridine rings is 1. The Morgan fingerprint density at radius 2 is 1.62 bits per heavy atom. The molecule has 6 heteroatoms. The normalized spacial score (nSPS) is 11.0. The Labute approximate surface area is 164 Å². The molecule has 2 N–H and O–H groups in total. The standard InChI is InChI=1S/C23H15N3O3/c27-22-20(17-6-2-1-5-15(17)13-24-22)14-9-11-16(12-10-14)25-23(28)21-18-7-3-4-8-19(18)26-29-21/h1-13H,(H,24,27)(H,25,28). The molecule has 0 fully saturated rings. The second-order valence-electron chi connectivity index (χ2n) is 6.64. The Morgan fingerprint density at radius 3 is 2.45 bits per heavy atom. The van der Waals surface area contributed by atoms with Gasteiger partial charge in [-0.2, -0.15) is 0 Å². The number of nitrogens with zero attached hydrogens (tertiary/aromatic N) is 1. The van der Waals surface area contributed by atoms with Crippen LogP contribution in [0.3, 0.4) is 0 Å². The van der Waals surface area contributed by atoms with E-state index in [1.807, 2.05) is 48.5 Å². The third kappa shape index (κ3) is 2.96. The van der Waals surface area contributed by atoms with Crippen LogP contribution in [0.5, 0.6) is 0 Å². The van der Waals surface area contributed by atoms with Crippen LogP contribution in [0.2, 0.25) is 0 Å². The topological polar surface area (TPSA) is 88.0 Å². The van der Waals surface area contributed by atoms with Crippen LogP contribution in [0.15, 0.2) is 88.3 Å². The van der Waals surface area contributed by atoms with Gasteiger partial charge in [-0.15, -0.1) is 0 Å². The van der Waals surface area contributed by atoms with Gasteiger partial charge < -0.3 is 14.8 Å². The number of anilines is 1. The number of carbonyl (C=O) groups excluding carboxylic acids is 1. The molecule has 140 valence electrons. The second-order valence-corrected chi connectivity index (χ2v) is 6.64. The van der Waals surface area contributed by atoms with Crippen LogP contribution in [-0.2, 0) is 0 Å². The smallest absolute Gasteiger partial charge is 0.294 e. The van der Waals surface area contributed by atoms with E-state index in [0.29, 0.717) is 22.2 Å². The Kier molecular flexibility index (Phi) is 3.95. The molecule has 2 aromatic heterocycles. The van der Waals surface area contributed by atoms with Crippen molar-refractivity contribution >= 4 is 33.3 Å². The van der Waals surface area contributed by atoms with Crippen LogP contribution in [0.1, 0.15) is 10.6 Å². The van der Waals surface area contributed by atoms with E-state index in [4.69, 9.17) is 4.52 Å². The lowest BCUT2D eigenvalue weighted by molar-refractivity contribution is 0.0990. The first kappa shape index (κ1) is 16.9. The SMILES string of the molecule is O=C(Nc1ccc(-c2c(=O)[nH]cc3ccccc23)cc1)c1onc2ccccc12. The summed E-state index contributed by atoms with van der Waals surface area (Å²) in [6, 6.07) is 22.1. The Balaban J connectivity index is 1.46. The van der Waals surface area contributed by atoms with Gasteiger partial charge in [0.15, 0.2) is 0 Å². The van der Waals surface area contributed by atoms with E-state index in [1.165, 1.54) is 0 Å². The highest BCUT2D eigenvalue weighted by Crippen LogP contribution is 2.26. The van der Waals surface area contributed by atoms with Crippen LogP contribution < -0.4 is 10.9 Å². The van der Waals surface area contributed by atoms with Crippen molar-refractivity contribution in [3.8, 4) is 11.1 Å². The second kappa shape index (κ2) is 6.76. The van der Waals surface area contributed by atoms with Gasteiger partial charge in [0.05, 0.1) is 10.9 Å². The monoisotopic (exact) mass is 381 g/mol. The lowest BCUT2D eigenvalue weighted by atomic mass is 10.0. The zero-order valence-corrected chi connectivity index (χ0v) is 15.2. The maximum Gasteiger partial charge on any atom is 0.294 e. The molecule has 29 heavy (non-hydrogen) atoms. The summed E-state index contributed by atoms with van der Waals surface area (Å²) in [4.78, 5) is 27.8. The van der Waals surface area contributed by atoms with E-state index in [2.05, 4.69) is 15.5 Å². The van der Waals surface area contributed by atoms with E-state index < -0.39 is 0 Å². The van der Waals surface area contributed by atoms with Gasteiger partial charge in [-0.1, -0.05) is 53.7 Å². The van der Waals surface area contributed by atoms with Gasteiger partial charge in [-0.05, 0) is 40.6 Å². The molecule has 0 unspecified atom stereocenters. The van der Waals surface area contributed by atoms with E-state index in [9.17, 15) is 9.59 Å². The number of hydrogen-bond donors (Lipinski definition) is 2. The van der Waals surface area contributed by atoms with Crippen molar-refractivity contribution in [1.29, 1.82) is 0 Å². The molecule has 0 saturated carbocycles. The van der Waals surface area contributed by atoms with E-state index >= 15 is 0 Å². The van der Waals surface area contributed by atoms with Crippen LogP contribution in [-0.4, -0.2) is 16.0 Å². The summed E-state index contributed by atoms with van der Waals surface area (Å²) in [5.74, 6) is -0.218. The van der Waals surface area contributed by atoms with Gasteiger partial charge in [0, 0.05) is 11.9 Å². The van der Waals surface area contributed by atoms with Gasteiger partial charge in [0.1, 0.15) is 5.52 Å². The molecule has 0 atom stereocenters. The third-order valence-corrected chi connectivity index (χ3v) is 4.84. The average Bonchev–Trinajstić information content (AvgIpc) is 3.19. The fourth-order valence-corrected chi connectivity index (χ4v) is 3.44. The molecule has 0 spiro atoms. The first-order valence-electron chi connectivity index (χ1n) is 9.07. The number of rotatable bonds is 3. The molecule has 0 aliphatic rings. The van der Waals surface area contributed by atoms with Gasteiger partial charge in [-0.25, -0.2) is 0 Å². The highest BCUT2D eigenvalue weighted by molar-refractivity contribution is 6.10. The minimum atomic E-state index is -0.380. The van der Waals surface area contributed by atoms with Crippen molar-refractivity contribution < 1.29 is 9.32 Å². The predicted octanol–water partition coefficient (Wildman–Crippen LogP) is 4.59. The molecule has 0 aliphatic carbocycles. The molecule has 2 heterocycles. The summed E-state index contributed by atoms with van der Waals surface area (Å²) in [5.41, 5.74) is 2.43. The van der Waals surface area contributed by atoms with Gasteiger partial charge in [0.2, 0.25) is 5.76 Å². The van der Waals surface area contributed by atoms with Crippen LogP contribution >= 0.6 is 0 Å². The first-order chi connectivity index (χ1) is 14.2. The molecule has 1 amide bonds. The molecule has 5 aromatic rings. The Morgan fingerprint density at radius 1 is 0.897 bits per heavy atom.